The SMILES string of the molecule is CC1CCCN(C(=O)NC2CCCC(C)C2C)C1. The molecule has 0 bridgehead atoms. The number of urea groups is 1. The third-order valence-corrected chi connectivity index (χ3v) is 4.96. The molecule has 2 fully saturated rings. The second-order valence-electron chi connectivity index (χ2n) is 6.52. The number of amides is 2. The van der Waals surface area contributed by atoms with Gasteiger partial charge in [-0.1, -0.05) is 33.6 Å². The first kappa shape index (κ1) is 13.7. The van der Waals surface area contributed by atoms with E-state index in [0.717, 1.165) is 31.8 Å². The Labute approximate surface area is 111 Å². The summed E-state index contributed by atoms with van der Waals surface area (Å²) in [7, 11) is 0. The van der Waals surface area contributed by atoms with Crippen LogP contribution in [-0.4, -0.2) is 30.1 Å². The van der Waals surface area contributed by atoms with E-state index in [2.05, 4.69) is 26.1 Å². The predicted molar refractivity (Wildman–Crippen MR) is 74.5 cm³/mol. The Kier molecular flexibility index (Phi) is 4.52. The largest absolute Gasteiger partial charge is 0.335 e. The van der Waals surface area contributed by atoms with E-state index in [4.69, 9.17) is 0 Å². The zero-order chi connectivity index (χ0) is 13.1. The van der Waals surface area contributed by atoms with Crippen LogP contribution < -0.4 is 5.32 Å². The number of nitrogens with one attached hydrogen (secondary N) is 1. The molecule has 2 aliphatic rings. The summed E-state index contributed by atoms with van der Waals surface area (Å²) in [5.41, 5.74) is 0. The van der Waals surface area contributed by atoms with Crippen LogP contribution in [0.4, 0.5) is 4.79 Å². The van der Waals surface area contributed by atoms with Crippen molar-refractivity contribution < 1.29 is 4.79 Å². The number of hydrogen-bond donors (Lipinski definition) is 1. The maximum Gasteiger partial charge on any atom is 0.317 e. The minimum absolute atomic E-state index is 0.174. The molecule has 1 saturated heterocycles. The van der Waals surface area contributed by atoms with Crippen molar-refractivity contribution >= 4 is 6.03 Å². The fraction of sp³-hybridized carbons (Fsp3) is 0.933. The van der Waals surface area contributed by atoms with Gasteiger partial charge >= 0.3 is 6.03 Å². The van der Waals surface area contributed by atoms with Gasteiger partial charge in [-0.3, -0.25) is 0 Å². The van der Waals surface area contributed by atoms with Crippen LogP contribution in [0, 0.1) is 17.8 Å². The minimum Gasteiger partial charge on any atom is -0.335 e. The van der Waals surface area contributed by atoms with Crippen molar-refractivity contribution in [2.24, 2.45) is 17.8 Å². The molecule has 4 atom stereocenters. The molecule has 3 heteroatoms. The first-order valence-corrected chi connectivity index (χ1v) is 7.63. The van der Waals surface area contributed by atoms with E-state index in [1.54, 1.807) is 0 Å². The van der Waals surface area contributed by atoms with Gasteiger partial charge in [-0.2, -0.15) is 0 Å². The summed E-state index contributed by atoms with van der Waals surface area (Å²) < 4.78 is 0. The number of carbonyl (C=O) groups excluding carboxylic acids is 1. The molecular weight excluding hydrogens is 224 g/mol. The lowest BCUT2D eigenvalue weighted by molar-refractivity contribution is 0.149. The highest BCUT2D eigenvalue weighted by Gasteiger charge is 2.30. The molecule has 1 aliphatic heterocycles. The van der Waals surface area contributed by atoms with Gasteiger partial charge in [0.15, 0.2) is 0 Å². The van der Waals surface area contributed by atoms with Crippen LogP contribution in [-0.2, 0) is 0 Å². The van der Waals surface area contributed by atoms with Gasteiger partial charge in [0.2, 0.25) is 0 Å². The topological polar surface area (TPSA) is 32.3 Å². The Bertz CT molecular complexity index is 292. The van der Waals surface area contributed by atoms with Gasteiger partial charge < -0.3 is 10.2 Å². The standard InChI is InChI=1S/C15H28N2O/c1-11-6-5-9-17(10-11)15(18)16-14-8-4-7-12(2)13(14)3/h11-14H,4-10H2,1-3H3,(H,16,18). The van der Waals surface area contributed by atoms with Gasteiger partial charge in [0.05, 0.1) is 0 Å². The average Bonchev–Trinajstić information content (AvgIpc) is 2.35. The molecule has 2 amide bonds. The number of piperidine rings is 1. The normalized spacial score (nSPS) is 37.4. The molecule has 0 aromatic heterocycles. The lowest BCUT2D eigenvalue weighted by Crippen LogP contribution is -2.51. The Morgan fingerprint density at radius 3 is 2.61 bits per heavy atom. The summed E-state index contributed by atoms with van der Waals surface area (Å²) in [5, 5.41) is 3.28. The second-order valence-corrected chi connectivity index (χ2v) is 6.52. The molecule has 1 heterocycles. The highest BCUT2D eigenvalue weighted by molar-refractivity contribution is 5.74. The Morgan fingerprint density at radius 1 is 1.11 bits per heavy atom. The number of carbonyl (C=O) groups is 1. The maximum atomic E-state index is 12.3. The minimum atomic E-state index is 0.174. The Hall–Kier alpha value is -0.730. The highest BCUT2D eigenvalue weighted by Crippen LogP contribution is 2.29. The summed E-state index contributed by atoms with van der Waals surface area (Å²) >= 11 is 0. The lowest BCUT2D eigenvalue weighted by Gasteiger charge is -2.37. The van der Waals surface area contributed by atoms with E-state index in [-0.39, 0.29) is 6.03 Å². The van der Waals surface area contributed by atoms with Crippen molar-refractivity contribution in [2.75, 3.05) is 13.1 Å². The molecule has 3 nitrogen and oxygen atoms in total. The van der Waals surface area contributed by atoms with E-state index in [1.807, 2.05) is 4.90 Å². The van der Waals surface area contributed by atoms with Crippen molar-refractivity contribution in [3.05, 3.63) is 0 Å². The summed E-state index contributed by atoms with van der Waals surface area (Å²) in [6.07, 6.45) is 6.15. The number of nitrogens with zero attached hydrogens (tertiary/aromatic N) is 1. The molecule has 1 N–H and O–H groups in total. The van der Waals surface area contributed by atoms with Crippen LogP contribution in [0.25, 0.3) is 0 Å². The predicted octanol–water partition coefficient (Wildman–Crippen LogP) is 3.25. The van der Waals surface area contributed by atoms with Crippen LogP contribution >= 0.6 is 0 Å². The van der Waals surface area contributed by atoms with Crippen molar-refractivity contribution in [1.29, 1.82) is 0 Å². The smallest absolute Gasteiger partial charge is 0.317 e. The monoisotopic (exact) mass is 252 g/mol. The fourth-order valence-corrected chi connectivity index (χ4v) is 3.41. The summed E-state index contributed by atoms with van der Waals surface area (Å²) in [6.45, 7) is 8.71. The van der Waals surface area contributed by atoms with Crippen LogP contribution in [0.3, 0.4) is 0 Å². The van der Waals surface area contributed by atoms with Crippen molar-refractivity contribution in [3.63, 3.8) is 0 Å². The van der Waals surface area contributed by atoms with Gasteiger partial charge in [-0.05, 0) is 37.0 Å². The Morgan fingerprint density at radius 2 is 1.89 bits per heavy atom. The summed E-state index contributed by atoms with van der Waals surface area (Å²) in [5.74, 6) is 2.02. The number of likely N-dealkylation sites (tertiary alicyclic amines) is 1. The Balaban J connectivity index is 1.86. The molecule has 4 unspecified atom stereocenters. The molecular formula is C15H28N2O. The van der Waals surface area contributed by atoms with Crippen LogP contribution in [0.2, 0.25) is 0 Å². The summed E-state index contributed by atoms with van der Waals surface area (Å²) in [6, 6.07) is 0.561. The number of rotatable bonds is 1. The third-order valence-electron chi connectivity index (χ3n) is 4.96. The van der Waals surface area contributed by atoms with Gasteiger partial charge in [0, 0.05) is 19.1 Å². The third kappa shape index (κ3) is 3.18. The van der Waals surface area contributed by atoms with E-state index < -0.39 is 0 Å². The van der Waals surface area contributed by atoms with Gasteiger partial charge in [0.1, 0.15) is 0 Å². The highest BCUT2D eigenvalue weighted by atomic mass is 16.2. The first-order valence-electron chi connectivity index (χ1n) is 7.63. The van der Waals surface area contributed by atoms with Gasteiger partial charge in [-0.15, -0.1) is 0 Å². The molecule has 0 spiro atoms. The maximum absolute atomic E-state index is 12.3. The molecule has 0 aromatic rings. The van der Waals surface area contributed by atoms with E-state index in [9.17, 15) is 4.79 Å². The molecule has 104 valence electrons. The molecule has 0 radical (unpaired) electrons. The molecule has 2 rings (SSSR count). The second kappa shape index (κ2) is 5.94. The molecule has 0 aromatic carbocycles. The van der Waals surface area contributed by atoms with Crippen LogP contribution in [0.15, 0.2) is 0 Å². The van der Waals surface area contributed by atoms with Crippen molar-refractivity contribution in [2.45, 2.75) is 58.9 Å². The molecule has 1 saturated carbocycles. The van der Waals surface area contributed by atoms with Gasteiger partial charge in [0.25, 0.3) is 0 Å². The average molecular weight is 252 g/mol. The zero-order valence-electron chi connectivity index (χ0n) is 12.1. The zero-order valence-corrected chi connectivity index (χ0v) is 12.1. The quantitative estimate of drug-likeness (QED) is 0.763. The first-order chi connectivity index (χ1) is 8.58. The van der Waals surface area contributed by atoms with E-state index in [0.29, 0.717) is 17.9 Å². The van der Waals surface area contributed by atoms with Gasteiger partial charge in [-0.25, -0.2) is 4.79 Å². The van der Waals surface area contributed by atoms with Crippen LogP contribution in [0.5, 0.6) is 0 Å². The number of hydrogen-bond acceptors (Lipinski definition) is 1. The molecule has 1 aliphatic carbocycles. The van der Waals surface area contributed by atoms with Crippen molar-refractivity contribution in [1.82, 2.24) is 10.2 Å². The summed E-state index contributed by atoms with van der Waals surface area (Å²) in [4.78, 5) is 14.3. The van der Waals surface area contributed by atoms with E-state index in [1.165, 1.54) is 19.3 Å². The van der Waals surface area contributed by atoms with Crippen molar-refractivity contribution in [3.8, 4) is 0 Å². The molecule has 18 heavy (non-hydrogen) atoms. The fourth-order valence-electron chi connectivity index (χ4n) is 3.41. The van der Waals surface area contributed by atoms with Crippen LogP contribution in [0.1, 0.15) is 52.9 Å². The lowest BCUT2D eigenvalue weighted by atomic mass is 9.78. The van der Waals surface area contributed by atoms with E-state index >= 15 is 0 Å².